The molecule has 124 valence electrons. The van der Waals surface area contributed by atoms with Crippen LogP contribution in [0, 0.1) is 5.82 Å². The van der Waals surface area contributed by atoms with E-state index in [1.807, 2.05) is 18.2 Å². The van der Waals surface area contributed by atoms with Crippen LogP contribution in [0.2, 0.25) is 0 Å². The Morgan fingerprint density at radius 2 is 1.80 bits per heavy atom. The van der Waals surface area contributed by atoms with Crippen molar-refractivity contribution in [1.82, 2.24) is 9.38 Å². The van der Waals surface area contributed by atoms with Crippen molar-refractivity contribution in [3.8, 4) is 34.1 Å². The van der Waals surface area contributed by atoms with Gasteiger partial charge in [-0.3, -0.25) is 4.40 Å². The SMILES string of the molecule is Oc1ccc(F)cc1-c1nc(-c2cccc(Br)c2O)c2ccccn12. The highest BCUT2D eigenvalue weighted by Crippen LogP contribution is 2.39. The molecule has 0 aliphatic rings. The van der Waals surface area contributed by atoms with Crippen molar-refractivity contribution in [3.63, 3.8) is 0 Å². The quantitative estimate of drug-likeness (QED) is 0.500. The smallest absolute Gasteiger partial charge is 0.149 e. The van der Waals surface area contributed by atoms with Gasteiger partial charge in [0.1, 0.15) is 28.8 Å². The first kappa shape index (κ1) is 15.7. The predicted octanol–water partition coefficient (Wildman–Crippen LogP) is 4.98. The molecule has 0 fully saturated rings. The summed E-state index contributed by atoms with van der Waals surface area (Å²) in [5, 5.41) is 20.5. The van der Waals surface area contributed by atoms with Gasteiger partial charge in [-0.1, -0.05) is 12.1 Å². The lowest BCUT2D eigenvalue weighted by molar-refractivity contribution is 0.474. The summed E-state index contributed by atoms with van der Waals surface area (Å²) in [6.45, 7) is 0. The third-order valence-corrected chi connectivity index (χ3v) is 4.63. The van der Waals surface area contributed by atoms with E-state index in [0.717, 1.165) is 5.52 Å². The largest absolute Gasteiger partial charge is 0.507 e. The first-order chi connectivity index (χ1) is 12.1. The maximum absolute atomic E-state index is 13.7. The van der Waals surface area contributed by atoms with Crippen molar-refractivity contribution in [3.05, 3.63) is 71.1 Å². The molecule has 0 aliphatic heterocycles. The molecule has 0 atom stereocenters. The van der Waals surface area contributed by atoms with Crippen molar-refractivity contribution >= 4 is 21.4 Å². The molecule has 2 N–H and O–H groups in total. The zero-order valence-corrected chi connectivity index (χ0v) is 14.4. The van der Waals surface area contributed by atoms with Crippen LogP contribution in [0.4, 0.5) is 4.39 Å². The highest BCUT2D eigenvalue weighted by molar-refractivity contribution is 9.10. The van der Waals surface area contributed by atoms with Crippen LogP contribution >= 0.6 is 15.9 Å². The zero-order chi connectivity index (χ0) is 17.6. The first-order valence-electron chi connectivity index (χ1n) is 7.50. The fourth-order valence-corrected chi connectivity index (χ4v) is 3.19. The number of aromatic hydroxyl groups is 2. The van der Waals surface area contributed by atoms with Gasteiger partial charge in [0.15, 0.2) is 0 Å². The van der Waals surface area contributed by atoms with Crippen LogP contribution in [-0.2, 0) is 0 Å². The molecule has 0 radical (unpaired) electrons. The summed E-state index contributed by atoms with van der Waals surface area (Å²) in [7, 11) is 0. The van der Waals surface area contributed by atoms with E-state index in [0.29, 0.717) is 21.6 Å². The molecule has 0 unspecified atom stereocenters. The molecule has 2 aromatic carbocycles. The summed E-state index contributed by atoms with van der Waals surface area (Å²) < 4.78 is 16.0. The van der Waals surface area contributed by atoms with Crippen molar-refractivity contribution in [1.29, 1.82) is 0 Å². The number of halogens is 2. The van der Waals surface area contributed by atoms with Crippen LogP contribution in [0.3, 0.4) is 0 Å². The molecule has 0 bridgehead atoms. The Kier molecular flexibility index (Phi) is 3.69. The van der Waals surface area contributed by atoms with Crippen molar-refractivity contribution in [2.75, 3.05) is 0 Å². The Bertz CT molecular complexity index is 1070. The Balaban J connectivity index is 2.06. The molecular formula is C19H12BrFN2O2. The molecule has 25 heavy (non-hydrogen) atoms. The fraction of sp³-hybridized carbons (Fsp3) is 0. The third-order valence-electron chi connectivity index (χ3n) is 3.99. The molecule has 4 nitrogen and oxygen atoms in total. The van der Waals surface area contributed by atoms with Gasteiger partial charge in [0.25, 0.3) is 0 Å². The van der Waals surface area contributed by atoms with E-state index >= 15 is 0 Å². The van der Waals surface area contributed by atoms with E-state index in [9.17, 15) is 14.6 Å². The number of phenolic OH excluding ortho intramolecular Hbond substituents is 2. The summed E-state index contributed by atoms with van der Waals surface area (Å²) >= 11 is 3.31. The number of imidazole rings is 1. The van der Waals surface area contributed by atoms with E-state index in [4.69, 9.17) is 0 Å². The molecule has 6 heteroatoms. The van der Waals surface area contributed by atoms with Crippen molar-refractivity contribution < 1.29 is 14.6 Å². The fourth-order valence-electron chi connectivity index (χ4n) is 2.82. The van der Waals surface area contributed by atoms with Gasteiger partial charge in [0, 0.05) is 11.8 Å². The zero-order valence-electron chi connectivity index (χ0n) is 12.8. The molecule has 4 rings (SSSR count). The minimum atomic E-state index is -0.465. The number of phenols is 2. The van der Waals surface area contributed by atoms with Gasteiger partial charge in [-0.05, 0) is 58.4 Å². The van der Waals surface area contributed by atoms with Crippen molar-refractivity contribution in [2.24, 2.45) is 0 Å². The van der Waals surface area contributed by atoms with Gasteiger partial charge in [0.2, 0.25) is 0 Å². The van der Waals surface area contributed by atoms with Gasteiger partial charge in [-0.2, -0.15) is 0 Å². The number of rotatable bonds is 2. The summed E-state index contributed by atoms with van der Waals surface area (Å²) in [5.41, 5.74) is 2.09. The number of para-hydroxylation sites is 1. The van der Waals surface area contributed by atoms with Crippen LogP contribution < -0.4 is 0 Å². The normalized spacial score (nSPS) is 11.1. The Labute approximate surface area is 151 Å². The lowest BCUT2D eigenvalue weighted by Gasteiger charge is -2.04. The second-order valence-corrected chi connectivity index (χ2v) is 6.39. The van der Waals surface area contributed by atoms with E-state index in [1.165, 1.54) is 18.2 Å². The molecule has 2 heterocycles. The number of hydrogen-bond acceptors (Lipinski definition) is 3. The lowest BCUT2D eigenvalue weighted by Crippen LogP contribution is -1.90. The Morgan fingerprint density at radius 1 is 0.960 bits per heavy atom. The second kappa shape index (κ2) is 5.89. The van der Waals surface area contributed by atoms with E-state index < -0.39 is 5.82 Å². The number of aromatic nitrogens is 2. The predicted molar refractivity (Wildman–Crippen MR) is 97.1 cm³/mol. The number of hydrogen-bond donors (Lipinski definition) is 2. The molecule has 0 aliphatic carbocycles. The number of benzene rings is 2. The molecule has 2 aromatic heterocycles. The highest BCUT2D eigenvalue weighted by Gasteiger charge is 2.19. The number of nitrogens with zero attached hydrogens (tertiary/aromatic N) is 2. The third kappa shape index (κ3) is 2.55. The van der Waals surface area contributed by atoms with Crippen LogP contribution in [0.25, 0.3) is 28.2 Å². The number of fused-ring (bicyclic) bond motifs is 1. The maximum Gasteiger partial charge on any atom is 0.149 e. The second-order valence-electron chi connectivity index (χ2n) is 5.54. The Morgan fingerprint density at radius 3 is 2.64 bits per heavy atom. The molecule has 0 amide bonds. The molecule has 0 saturated heterocycles. The van der Waals surface area contributed by atoms with Crippen LogP contribution in [-0.4, -0.2) is 19.6 Å². The van der Waals surface area contributed by atoms with E-state index in [-0.39, 0.29) is 17.1 Å². The van der Waals surface area contributed by atoms with Crippen LogP contribution in [0.15, 0.2) is 65.3 Å². The minimum absolute atomic E-state index is 0.0674. The minimum Gasteiger partial charge on any atom is -0.507 e. The lowest BCUT2D eigenvalue weighted by atomic mass is 10.1. The van der Waals surface area contributed by atoms with Gasteiger partial charge in [-0.25, -0.2) is 9.37 Å². The summed E-state index contributed by atoms with van der Waals surface area (Å²) in [4.78, 5) is 4.59. The van der Waals surface area contributed by atoms with Gasteiger partial charge < -0.3 is 10.2 Å². The van der Waals surface area contributed by atoms with E-state index in [2.05, 4.69) is 20.9 Å². The standard InChI is InChI=1S/C19H12BrFN2O2/c20-14-5-3-4-12(18(14)25)17-15-6-1-2-9-23(15)19(22-17)13-10-11(21)7-8-16(13)24/h1-10,24-25H. The summed E-state index contributed by atoms with van der Waals surface area (Å²) in [5.74, 6) is -0.0714. The van der Waals surface area contributed by atoms with Crippen LogP contribution in [0.5, 0.6) is 11.5 Å². The van der Waals surface area contributed by atoms with Gasteiger partial charge in [0.05, 0.1) is 15.6 Å². The van der Waals surface area contributed by atoms with Gasteiger partial charge >= 0.3 is 0 Å². The van der Waals surface area contributed by atoms with Gasteiger partial charge in [-0.15, -0.1) is 0 Å². The van der Waals surface area contributed by atoms with Crippen LogP contribution in [0.1, 0.15) is 0 Å². The first-order valence-corrected chi connectivity index (χ1v) is 8.29. The average Bonchev–Trinajstić information content (AvgIpc) is 2.99. The number of pyridine rings is 1. The maximum atomic E-state index is 13.7. The average molecular weight is 399 g/mol. The molecular weight excluding hydrogens is 387 g/mol. The topological polar surface area (TPSA) is 57.8 Å². The molecule has 4 aromatic rings. The monoisotopic (exact) mass is 398 g/mol. The molecule has 0 saturated carbocycles. The van der Waals surface area contributed by atoms with E-state index in [1.54, 1.807) is 28.8 Å². The van der Waals surface area contributed by atoms with Crippen molar-refractivity contribution in [2.45, 2.75) is 0 Å². The Hall–Kier alpha value is -2.86. The summed E-state index contributed by atoms with van der Waals surface area (Å²) in [6, 6.07) is 14.5. The molecule has 0 spiro atoms. The summed E-state index contributed by atoms with van der Waals surface area (Å²) in [6.07, 6.45) is 1.78. The highest BCUT2D eigenvalue weighted by atomic mass is 79.9.